The highest BCUT2D eigenvalue weighted by atomic mass is 35.5. The monoisotopic (exact) mass is 485 g/mol. The Morgan fingerprint density at radius 2 is 2.06 bits per heavy atom. The first-order valence-corrected chi connectivity index (χ1v) is 12.7. The minimum Gasteiger partial charge on any atom is -0.350 e. The molecule has 0 spiro atoms. The third-order valence-electron chi connectivity index (χ3n) is 6.46. The molecule has 0 saturated carbocycles. The molecule has 2 atom stereocenters. The van der Waals surface area contributed by atoms with Crippen molar-refractivity contribution >= 4 is 34.0 Å². The maximum Gasteiger partial charge on any atom is 0.245 e. The molecule has 0 radical (unpaired) electrons. The average Bonchev–Trinajstić information content (AvgIpc) is 3.44. The molecule has 33 heavy (non-hydrogen) atoms. The summed E-state index contributed by atoms with van der Waals surface area (Å²) in [5.41, 5.74) is 2.20. The third-order valence-corrected chi connectivity index (χ3v) is 7.53. The second-order valence-corrected chi connectivity index (χ2v) is 11.1. The van der Waals surface area contributed by atoms with Crippen molar-refractivity contribution in [3.05, 3.63) is 64.4 Å². The van der Waals surface area contributed by atoms with E-state index in [-0.39, 0.29) is 23.3 Å². The van der Waals surface area contributed by atoms with E-state index in [1.807, 2.05) is 39.4 Å². The number of hydrogen-bond donors (Lipinski definition) is 1. The van der Waals surface area contributed by atoms with Gasteiger partial charge in [-0.3, -0.25) is 9.48 Å². The molecule has 6 nitrogen and oxygen atoms in total. The van der Waals surface area contributed by atoms with Gasteiger partial charge in [-0.2, -0.15) is 5.10 Å². The lowest BCUT2D eigenvalue weighted by Gasteiger charge is -2.45. The van der Waals surface area contributed by atoms with Crippen molar-refractivity contribution < 1.29 is 4.79 Å². The number of piperidine rings is 1. The Bertz CT molecular complexity index is 1060. The van der Waals surface area contributed by atoms with Gasteiger partial charge < -0.3 is 10.2 Å². The number of halogens is 1. The molecule has 1 aromatic carbocycles. The van der Waals surface area contributed by atoms with Gasteiger partial charge in [-0.25, -0.2) is 4.98 Å². The Labute approximate surface area is 205 Å². The van der Waals surface area contributed by atoms with E-state index in [1.165, 1.54) is 16.9 Å². The van der Waals surface area contributed by atoms with Crippen LogP contribution in [0.1, 0.15) is 51.3 Å². The van der Waals surface area contributed by atoms with E-state index in [2.05, 4.69) is 55.2 Å². The Balaban J connectivity index is 1.43. The van der Waals surface area contributed by atoms with Crippen LogP contribution in [0.5, 0.6) is 0 Å². The average molecular weight is 486 g/mol. The SMILES string of the molecule is CC(C)C(Nc1nc(Cn2cccn2)cs1)C(=O)N1CCC(c2ccc(Cl)cc2)C(C)(C)C1. The molecule has 1 aliphatic heterocycles. The molecule has 2 aromatic heterocycles. The van der Waals surface area contributed by atoms with Gasteiger partial charge in [0.25, 0.3) is 0 Å². The number of nitrogens with one attached hydrogen (secondary N) is 1. The lowest BCUT2D eigenvalue weighted by Crippen LogP contribution is -2.53. The predicted octanol–water partition coefficient (Wildman–Crippen LogP) is 5.52. The largest absolute Gasteiger partial charge is 0.350 e. The van der Waals surface area contributed by atoms with Crippen LogP contribution in [-0.2, 0) is 11.3 Å². The van der Waals surface area contributed by atoms with Crippen LogP contribution in [0.2, 0.25) is 5.02 Å². The van der Waals surface area contributed by atoms with Crippen LogP contribution >= 0.6 is 22.9 Å². The molecule has 1 N–H and O–H groups in total. The van der Waals surface area contributed by atoms with Crippen molar-refractivity contribution in [3.8, 4) is 0 Å². The Kier molecular flexibility index (Phi) is 7.10. The van der Waals surface area contributed by atoms with Gasteiger partial charge in [-0.05, 0) is 47.4 Å². The fourth-order valence-corrected chi connectivity index (χ4v) is 5.57. The molecular formula is C25H32ClN5OS. The number of likely N-dealkylation sites (tertiary alicyclic amines) is 1. The van der Waals surface area contributed by atoms with Gasteiger partial charge in [0, 0.05) is 35.9 Å². The van der Waals surface area contributed by atoms with Gasteiger partial charge in [-0.15, -0.1) is 11.3 Å². The van der Waals surface area contributed by atoms with E-state index in [4.69, 9.17) is 11.6 Å². The van der Waals surface area contributed by atoms with Gasteiger partial charge in [0.2, 0.25) is 5.91 Å². The number of hydrogen-bond acceptors (Lipinski definition) is 5. The molecule has 2 unspecified atom stereocenters. The predicted molar refractivity (Wildman–Crippen MR) is 135 cm³/mol. The molecule has 0 bridgehead atoms. The van der Waals surface area contributed by atoms with Gasteiger partial charge in [-0.1, -0.05) is 51.4 Å². The van der Waals surface area contributed by atoms with Crippen molar-refractivity contribution in [2.45, 2.75) is 52.6 Å². The third kappa shape index (κ3) is 5.58. The smallest absolute Gasteiger partial charge is 0.245 e. The van der Waals surface area contributed by atoms with E-state index >= 15 is 0 Å². The molecule has 1 saturated heterocycles. The van der Waals surface area contributed by atoms with E-state index in [0.29, 0.717) is 12.5 Å². The molecule has 3 heterocycles. The summed E-state index contributed by atoms with van der Waals surface area (Å²) in [6.45, 7) is 10.8. The topological polar surface area (TPSA) is 63.1 Å². The molecule has 4 rings (SSSR count). The molecular weight excluding hydrogens is 454 g/mol. The standard InChI is InChI=1S/C25H32ClN5OS/c1-17(2)22(29-24-28-20(15-33-24)14-31-12-5-11-27-31)23(32)30-13-10-21(25(3,4)16-30)18-6-8-19(26)9-7-18/h5-9,11-12,15,17,21-22H,10,13-14,16H2,1-4H3,(H,28,29). The summed E-state index contributed by atoms with van der Waals surface area (Å²) in [7, 11) is 0. The Morgan fingerprint density at radius 1 is 1.30 bits per heavy atom. The van der Waals surface area contributed by atoms with E-state index < -0.39 is 0 Å². The lowest BCUT2D eigenvalue weighted by atomic mass is 9.70. The number of nitrogens with zero attached hydrogens (tertiary/aromatic N) is 4. The highest BCUT2D eigenvalue weighted by Gasteiger charge is 2.40. The molecule has 3 aromatic rings. The zero-order valence-electron chi connectivity index (χ0n) is 19.7. The van der Waals surface area contributed by atoms with Crippen LogP contribution in [0, 0.1) is 11.3 Å². The molecule has 1 aliphatic rings. The van der Waals surface area contributed by atoms with E-state index in [1.54, 1.807) is 6.20 Å². The quantitative estimate of drug-likeness (QED) is 0.478. The van der Waals surface area contributed by atoms with Gasteiger partial charge in [0.15, 0.2) is 5.13 Å². The molecule has 1 fully saturated rings. The minimum absolute atomic E-state index is 0.0264. The van der Waals surface area contributed by atoms with Crippen molar-refractivity contribution in [3.63, 3.8) is 0 Å². The van der Waals surface area contributed by atoms with Crippen molar-refractivity contribution in [2.24, 2.45) is 11.3 Å². The summed E-state index contributed by atoms with van der Waals surface area (Å²) >= 11 is 7.62. The number of rotatable bonds is 7. The Hall–Kier alpha value is -2.38. The number of carbonyl (C=O) groups is 1. The number of aromatic nitrogens is 3. The lowest BCUT2D eigenvalue weighted by molar-refractivity contribution is -0.136. The second kappa shape index (κ2) is 9.85. The van der Waals surface area contributed by atoms with Crippen LogP contribution in [0.25, 0.3) is 0 Å². The first-order valence-electron chi connectivity index (χ1n) is 11.5. The van der Waals surface area contributed by atoms with E-state index in [9.17, 15) is 4.79 Å². The summed E-state index contributed by atoms with van der Waals surface area (Å²) < 4.78 is 1.84. The Morgan fingerprint density at radius 3 is 2.70 bits per heavy atom. The van der Waals surface area contributed by atoms with E-state index in [0.717, 1.165) is 35.4 Å². The molecule has 0 aliphatic carbocycles. The van der Waals surface area contributed by atoms with Gasteiger partial charge in [0.1, 0.15) is 6.04 Å². The summed E-state index contributed by atoms with van der Waals surface area (Å²) in [5.74, 6) is 0.692. The van der Waals surface area contributed by atoms with Crippen LogP contribution in [0.3, 0.4) is 0 Å². The fourth-order valence-electron chi connectivity index (χ4n) is 4.71. The number of amides is 1. The molecule has 176 valence electrons. The highest BCUT2D eigenvalue weighted by molar-refractivity contribution is 7.13. The van der Waals surface area contributed by atoms with Crippen molar-refractivity contribution in [1.82, 2.24) is 19.7 Å². The summed E-state index contributed by atoms with van der Waals surface area (Å²) in [5, 5.41) is 11.2. The first kappa shape index (κ1) is 23.8. The fraction of sp³-hybridized carbons (Fsp3) is 0.480. The summed E-state index contributed by atoms with van der Waals surface area (Å²) in [6, 6.07) is 9.74. The van der Waals surface area contributed by atoms with Gasteiger partial charge >= 0.3 is 0 Å². The van der Waals surface area contributed by atoms with Crippen LogP contribution in [0.4, 0.5) is 5.13 Å². The summed E-state index contributed by atoms with van der Waals surface area (Å²) in [6.07, 6.45) is 4.62. The number of anilines is 1. The maximum atomic E-state index is 13.6. The van der Waals surface area contributed by atoms with Crippen molar-refractivity contribution in [1.29, 1.82) is 0 Å². The number of thiazole rings is 1. The molecule has 1 amide bonds. The number of benzene rings is 1. The zero-order valence-corrected chi connectivity index (χ0v) is 21.2. The highest BCUT2D eigenvalue weighted by Crippen LogP contribution is 2.42. The summed E-state index contributed by atoms with van der Waals surface area (Å²) in [4.78, 5) is 20.3. The maximum absolute atomic E-state index is 13.6. The normalized spacial score (nSPS) is 19.0. The molecule has 8 heteroatoms. The van der Waals surface area contributed by atoms with Gasteiger partial charge in [0.05, 0.1) is 12.2 Å². The van der Waals surface area contributed by atoms with Crippen LogP contribution < -0.4 is 5.32 Å². The zero-order chi connectivity index (χ0) is 23.6. The van der Waals surface area contributed by atoms with Crippen molar-refractivity contribution in [2.75, 3.05) is 18.4 Å². The minimum atomic E-state index is -0.309. The van der Waals surface area contributed by atoms with Crippen LogP contribution in [-0.4, -0.2) is 44.7 Å². The first-order chi connectivity index (χ1) is 15.7. The number of carbonyl (C=O) groups excluding carboxylic acids is 1. The second-order valence-electron chi connectivity index (χ2n) is 9.85. The van der Waals surface area contributed by atoms with Crippen LogP contribution in [0.15, 0.2) is 48.1 Å².